The number of carbonyl (C=O) groups is 2. The molecule has 25 heavy (non-hydrogen) atoms. The smallest absolute Gasteiger partial charge is 0.228 e. The normalized spacial score (nSPS) is 18.5. The van der Waals surface area contributed by atoms with Crippen LogP contribution in [0.1, 0.15) is 28.7 Å². The standard InChI is InChI=1S/C21H24N2O2/c1-13-8-9-17(10-15(13)3)23-21(25)19-11-18(19)20(24)22-12-16-7-5-4-6-14(16)2/h4-10,18-19H,11-12H2,1-3H3,(H,22,24)(H,23,25). The lowest BCUT2D eigenvalue weighted by Gasteiger charge is -2.09. The number of hydrogen-bond acceptors (Lipinski definition) is 2. The van der Waals surface area contributed by atoms with Gasteiger partial charge in [-0.3, -0.25) is 9.59 Å². The van der Waals surface area contributed by atoms with Crippen molar-refractivity contribution in [1.82, 2.24) is 5.32 Å². The summed E-state index contributed by atoms with van der Waals surface area (Å²) in [5.41, 5.74) is 5.38. The molecule has 0 aliphatic heterocycles. The molecule has 2 aromatic rings. The van der Waals surface area contributed by atoms with Crippen LogP contribution in [0.4, 0.5) is 5.69 Å². The average molecular weight is 336 g/mol. The number of amides is 2. The lowest BCUT2D eigenvalue weighted by Crippen LogP contribution is -2.27. The van der Waals surface area contributed by atoms with E-state index in [4.69, 9.17) is 0 Å². The second kappa shape index (κ2) is 7.09. The molecule has 3 rings (SSSR count). The third-order valence-electron chi connectivity index (χ3n) is 4.95. The van der Waals surface area contributed by atoms with Crippen molar-refractivity contribution in [3.05, 3.63) is 64.7 Å². The van der Waals surface area contributed by atoms with Gasteiger partial charge in [-0.25, -0.2) is 0 Å². The summed E-state index contributed by atoms with van der Waals surface area (Å²) < 4.78 is 0. The monoisotopic (exact) mass is 336 g/mol. The minimum absolute atomic E-state index is 0.0384. The molecule has 2 N–H and O–H groups in total. The van der Waals surface area contributed by atoms with Crippen molar-refractivity contribution in [3.8, 4) is 0 Å². The molecule has 4 nitrogen and oxygen atoms in total. The van der Waals surface area contributed by atoms with Crippen LogP contribution in [0.3, 0.4) is 0 Å². The van der Waals surface area contributed by atoms with Gasteiger partial charge in [0.25, 0.3) is 0 Å². The highest BCUT2D eigenvalue weighted by molar-refractivity contribution is 5.99. The number of aryl methyl sites for hydroxylation is 3. The first-order chi connectivity index (χ1) is 12.0. The molecule has 2 amide bonds. The minimum Gasteiger partial charge on any atom is -0.352 e. The summed E-state index contributed by atoms with van der Waals surface area (Å²) in [6.07, 6.45) is 0.621. The molecule has 0 radical (unpaired) electrons. The second-order valence-corrected chi connectivity index (χ2v) is 6.88. The first kappa shape index (κ1) is 17.2. The van der Waals surface area contributed by atoms with Crippen LogP contribution in [0.15, 0.2) is 42.5 Å². The van der Waals surface area contributed by atoms with Crippen molar-refractivity contribution in [2.24, 2.45) is 11.8 Å². The molecule has 1 saturated carbocycles. The minimum atomic E-state index is -0.224. The van der Waals surface area contributed by atoms with Crippen LogP contribution in [0, 0.1) is 32.6 Å². The Morgan fingerprint density at radius 2 is 1.64 bits per heavy atom. The number of hydrogen-bond donors (Lipinski definition) is 2. The summed E-state index contributed by atoms with van der Waals surface area (Å²) >= 11 is 0. The number of anilines is 1. The summed E-state index contributed by atoms with van der Waals surface area (Å²) in [4.78, 5) is 24.6. The highest BCUT2D eigenvalue weighted by Crippen LogP contribution is 2.39. The molecule has 0 bridgehead atoms. The Bertz CT molecular complexity index is 813. The van der Waals surface area contributed by atoms with Crippen LogP contribution in [-0.2, 0) is 16.1 Å². The van der Waals surface area contributed by atoms with E-state index in [9.17, 15) is 9.59 Å². The Morgan fingerprint density at radius 3 is 2.36 bits per heavy atom. The molecular formula is C21H24N2O2. The predicted molar refractivity (Wildman–Crippen MR) is 99.2 cm³/mol. The first-order valence-corrected chi connectivity index (χ1v) is 8.66. The average Bonchev–Trinajstić information content (AvgIpc) is 3.38. The van der Waals surface area contributed by atoms with Crippen LogP contribution in [-0.4, -0.2) is 11.8 Å². The van der Waals surface area contributed by atoms with Crippen molar-refractivity contribution in [3.63, 3.8) is 0 Å². The fraction of sp³-hybridized carbons (Fsp3) is 0.333. The van der Waals surface area contributed by atoms with Gasteiger partial charge in [0.05, 0.1) is 11.8 Å². The zero-order valence-electron chi connectivity index (χ0n) is 14.9. The van der Waals surface area contributed by atoms with Gasteiger partial charge in [0.15, 0.2) is 0 Å². The molecule has 0 aromatic heterocycles. The van der Waals surface area contributed by atoms with Gasteiger partial charge in [0, 0.05) is 12.2 Å². The highest BCUT2D eigenvalue weighted by atomic mass is 16.2. The van der Waals surface area contributed by atoms with E-state index in [1.807, 2.05) is 63.2 Å². The molecule has 2 aromatic carbocycles. The summed E-state index contributed by atoms with van der Waals surface area (Å²) in [6.45, 7) is 6.59. The van der Waals surface area contributed by atoms with E-state index < -0.39 is 0 Å². The third-order valence-corrected chi connectivity index (χ3v) is 4.95. The van der Waals surface area contributed by atoms with E-state index in [-0.39, 0.29) is 23.7 Å². The fourth-order valence-corrected chi connectivity index (χ4v) is 2.95. The van der Waals surface area contributed by atoms with E-state index in [2.05, 4.69) is 10.6 Å². The number of rotatable bonds is 5. The van der Waals surface area contributed by atoms with E-state index in [1.54, 1.807) is 0 Å². The van der Waals surface area contributed by atoms with Crippen LogP contribution in [0.2, 0.25) is 0 Å². The van der Waals surface area contributed by atoms with Crippen LogP contribution < -0.4 is 10.6 Å². The Morgan fingerprint density at radius 1 is 0.920 bits per heavy atom. The molecule has 1 aliphatic carbocycles. The number of benzene rings is 2. The molecule has 0 spiro atoms. The lowest BCUT2D eigenvalue weighted by atomic mass is 10.1. The maximum Gasteiger partial charge on any atom is 0.228 e. The summed E-state index contributed by atoms with van der Waals surface area (Å²) in [6, 6.07) is 13.8. The van der Waals surface area contributed by atoms with Gasteiger partial charge in [0.2, 0.25) is 11.8 Å². The van der Waals surface area contributed by atoms with Gasteiger partial charge in [0.1, 0.15) is 0 Å². The van der Waals surface area contributed by atoms with E-state index >= 15 is 0 Å². The predicted octanol–water partition coefficient (Wildman–Crippen LogP) is 3.50. The van der Waals surface area contributed by atoms with Gasteiger partial charge >= 0.3 is 0 Å². The summed E-state index contributed by atoms with van der Waals surface area (Å²) in [7, 11) is 0. The number of carbonyl (C=O) groups excluding carboxylic acids is 2. The Balaban J connectivity index is 1.51. The molecule has 2 atom stereocenters. The van der Waals surface area contributed by atoms with Crippen LogP contribution >= 0.6 is 0 Å². The fourth-order valence-electron chi connectivity index (χ4n) is 2.95. The second-order valence-electron chi connectivity index (χ2n) is 6.88. The summed E-state index contributed by atoms with van der Waals surface area (Å²) in [5, 5.41) is 5.87. The molecule has 1 aliphatic rings. The molecule has 0 saturated heterocycles. The van der Waals surface area contributed by atoms with Crippen molar-refractivity contribution in [2.75, 3.05) is 5.32 Å². The molecular weight excluding hydrogens is 312 g/mol. The number of nitrogens with one attached hydrogen (secondary N) is 2. The van der Waals surface area contributed by atoms with Crippen molar-refractivity contribution in [1.29, 1.82) is 0 Å². The van der Waals surface area contributed by atoms with Gasteiger partial charge in [-0.1, -0.05) is 30.3 Å². The highest BCUT2D eigenvalue weighted by Gasteiger charge is 2.47. The quantitative estimate of drug-likeness (QED) is 0.878. The molecule has 2 unspecified atom stereocenters. The van der Waals surface area contributed by atoms with E-state index in [1.165, 1.54) is 5.56 Å². The Hall–Kier alpha value is -2.62. The lowest BCUT2D eigenvalue weighted by molar-refractivity contribution is -0.125. The van der Waals surface area contributed by atoms with Gasteiger partial charge in [-0.2, -0.15) is 0 Å². The molecule has 130 valence electrons. The molecule has 4 heteroatoms. The molecule has 1 fully saturated rings. The third kappa shape index (κ3) is 4.08. The maximum absolute atomic E-state index is 12.3. The van der Waals surface area contributed by atoms with Crippen LogP contribution in [0.25, 0.3) is 0 Å². The first-order valence-electron chi connectivity index (χ1n) is 8.66. The van der Waals surface area contributed by atoms with Crippen molar-refractivity contribution in [2.45, 2.75) is 33.7 Å². The van der Waals surface area contributed by atoms with Gasteiger partial charge < -0.3 is 10.6 Å². The maximum atomic E-state index is 12.3. The zero-order valence-corrected chi connectivity index (χ0v) is 14.9. The Labute approximate surface area is 148 Å². The van der Waals surface area contributed by atoms with Gasteiger partial charge in [-0.15, -0.1) is 0 Å². The largest absolute Gasteiger partial charge is 0.352 e. The van der Waals surface area contributed by atoms with Crippen molar-refractivity contribution >= 4 is 17.5 Å². The van der Waals surface area contributed by atoms with E-state index in [0.29, 0.717) is 13.0 Å². The zero-order chi connectivity index (χ0) is 18.0. The van der Waals surface area contributed by atoms with Crippen molar-refractivity contribution < 1.29 is 9.59 Å². The SMILES string of the molecule is Cc1ccc(NC(=O)C2CC2C(=O)NCc2ccccc2C)cc1C. The summed E-state index contributed by atoms with van der Waals surface area (Å²) in [5.74, 6) is -0.545. The van der Waals surface area contributed by atoms with E-state index in [0.717, 1.165) is 22.4 Å². The molecule has 0 heterocycles. The Kier molecular flexibility index (Phi) is 4.88. The van der Waals surface area contributed by atoms with Gasteiger partial charge in [-0.05, 0) is 61.6 Å². The van der Waals surface area contributed by atoms with Crippen LogP contribution in [0.5, 0.6) is 0 Å². The topological polar surface area (TPSA) is 58.2 Å².